The standard InChI is InChI=1S/C23H27N3O2/c1-16-15-25(12-13-26(16)18-8-10-19(28-3)11-9-18)17(2)23(27)21-14-24-22-7-5-4-6-20(21)22/h4-11,14,16-17,24H,12-13,15H2,1-3H3/p+1/t16-,17+/m1/s1. The third-order valence-electron chi connectivity index (χ3n) is 6.03. The van der Waals surface area contributed by atoms with Gasteiger partial charge in [-0.3, -0.25) is 4.79 Å². The number of hydrogen-bond acceptors (Lipinski definition) is 3. The first-order chi connectivity index (χ1) is 13.6. The van der Waals surface area contributed by atoms with Gasteiger partial charge in [-0.15, -0.1) is 0 Å². The van der Waals surface area contributed by atoms with E-state index in [2.05, 4.69) is 35.9 Å². The smallest absolute Gasteiger partial charge is 0.221 e. The molecule has 5 nitrogen and oxygen atoms in total. The lowest BCUT2D eigenvalue weighted by Crippen LogP contribution is -3.19. The highest BCUT2D eigenvalue weighted by Crippen LogP contribution is 2.22. The van der Waals surface area contributed by atoms with Crippen molar-refractivity contribution in [3.05, 3.63) is 60.3 Å². The number of nitrogens with zero attached hydrogens (tertiary/aromatic N) is 1. The number of para-hydroxylation sites is 1. The molecular formula is C23H28N3O2+. The minimum atomic E-state index is -0.0559. The fourth-order valence-electron chi connectivity index (χ4n) is 4.32. The zero-order chi connectivity index (χ0) is 19.7. The fraction of sp³-hybridized carbons (Fsp3) is 0.348. The number of benzene rings is 2. The van der Waals surface area contributed by atoms with Crippen molar-refractivity contribution in [3.8, 4) is 5.75 Å². The molecule has 5 heteroatoms. The minimum absolute atomic E-state index is 0.0559. The van der Waals surface area contributed by atoms with Crippen LogP contribution in [-0.4, -0.2) is 49.6 Å². The number of carbonyl (C=O) groups excluding carboxylic acids is 1. The van der Waals surface area contributed by atoms with Gasteiger partial charge in [0.15, 0.2) is 0 Å². The number of methoxy groups -OCH3 is 1. The predicted octanol–water partition coefficient (Wildman–Crippen LogP) is 2.54. The minimum Gasteiger partial charge on any atom is -0.497 e. The molecule has 1 saturated heterocycles. The molecule has 0 spiro atoms. The quantitative estimate of drug-likeness (QED) is 0.671. The monoisotopic (exact) mass is 378 g/mol. The molecule has 3 atom stereocenters. The number of ketones is 1. The van der Waals surface area contributed by atoms with Crippen molar-refractivity contribution >= 4 is 22.4 Å². The largest absolute Gasteiger partial charge is 0.497 e. The summed E-state index contributed by atoms with van der Waals surface area (Å²) in [6.07, 6.45) is 1.86. The summed E-state index contributed by atoms with van der Waals surface area (Å²) in [7, 11) is 1.69. The van der Waals surface area contributed by atoms with Crippen LogP contribution in [0, 0.1) is 0 Å². The average Bonchev–Trinajstić information content (AvgIpc) is 3.17. The summed E-state index contributed by atoms with van der Waals surface area (Å²) in [6, 6.07) is 16.6. The van der Waals surface area contributed by atoms with E-state index in [-0.39, 0.29) is 11.8 Å². The van der Waals surface area contributed by atoms with E-state index >= 15 is 0 Å². The highest BCUT2D eigenvalue weighted by Gasteiger charge is 2.34. The fourth-order valence-corrected chi connectivity index (χ4v) is 4.32. The lowest BCUT2D eigenvalue weighted by atomic mass is 10.0. The van der Waals surface area contributed by atoms with Crippen molar-refractivity contribution in [1.29, 1.82) is 0 Å². The Kier molecular flexibility index (Phi) is 5.09. The van der Waals surface area contributed by atoms with Crippen molar-refractivity contribution in [3.63, 3.8) is 0 Å². The van der Waals surface area contributed by atoms with Crippen LogP contribution >= 0.6 is 0 Å². The molecule has 2 heterocycles. The van der Waals surface area contributed by atoms with Gasteiger partial charge in [0.05, 0.1) is 32.8 Å². The van der Waals surface area contributed by atoms with Crippen LogP contribution in [0.25, 0.3) is 10.9 Å². The van der Waals surface area contributed by atoms with Crippen molar-refractivity contribution < 1.29 is 14.4 Å². The van der Waals surface area contributed by atoms with E-state index in [4.69, 9.17) is 4.74 Å². The van der Waals surface area contributed by atoms with E-state index in [1.54, 1.807) is 7.11 Å². The molecule has 0 aliphatic carbocycles. The number of piperazine rings is 1. The van der Waals surface area contributed by atoms with Crippen LogP contribution in [0.5, 0.6) is 5.75 Å². The Morgan fingerprint density at radius 2 is 1.96 bits per heavy atom. The molecule has 0 bridgehead atoms. The van der Waals surface area contributed by atoms with E-state index < -0.39 is 0 Å². The van der Waals surface area contributed by atoms with Crippen molar-refractivity contribution in [2.45, 2.75) is 25.9 Å². The van der Waals surface area contributed by atoms with Gasteiger partial charge in [0, 0.05) is 28.4 Å². The number of carbonyl (C=O) groups is 1. The number of hydrogen-bond donors (Lipinski definition) is 2. The maximum atomic E-state index is 13.2. The first kappa shape index (κ1) is 18.6. The number of aromatic nitrogens is 1. The first-order valence-corrected chi connectivity index (χ1v) is 9.94. The first-order valence-electron chi connectivity index (χ1n) is 9.94. The van der Waals surface area contributed by atoms with E-state index in [1.165, 1.54) is 10.6 Å². The number of ether oxygens (including phenoxy) is 1. The lowest BCUT2D eigenvalue weighted by molar-refractivity contribution is -0.916. The second-order valence-electron chi connectivity index (χ2n) is 7.69. The zero-order valence-corrected chi connectivity index (χ0v) is 16.7. The molecule has 28 heavy (non-hydrogen) atoms. The number of anilines is 1. The molecule has 1 fully saturated rings. The predicted molar refractivity (Wildman–Crippen MR) is 113 cm³/mol. The van der Waals surface area contributed by atoms with Crippen LogP contribution in [0.1, 0.15) is 24.2 Å². The zero-order valence-electron chi connectivity index (χ0n) is 16.7. The number of aromatic amines is 1. The average molecular weight is 378 g/mol. The van der Waals surface area contributed by atoms with Gasteiger partial charge >= 0.3 is 0 Å². The molecule has 0 radical (unpaired) electrons. The summed E-state index contributed by atoms with van der Waals surface area (Å²) in [5, 5.41) is 1.02. The molecule has 146 valence electrons. The van der Waals surface area contributed by atoms with Crippen molar-refractivity contribution in [2.75, 3.05) is 31.6 Å². The van der Waals surface area contributed by atoms with Gasteiger partial charge in [-0.2, -0.15) is 0 Å². The number of quaternary nitrogens is 1. The molecule has 3 aromatic rings. The molecular weight excluding hydrogens is 350 g/mol. The molecule has 0 saturated carbocycles. The van der Waals surface area contributed by atoms with Crippen LogP contribution in [0.4, 0.5) is 5.69 Å². The number of nitrogens with one attached hydrogen (secondary N) is 2. The Labute approximate surface area is 165 Å². The molecule has 2 N–H and O–H groups in total. The van der Waals surface area contributed by atoms with Crippen LogP contribution in [-0.2, 0) is 0 Å². The maximum Gasteiger partial charge on any atom is 0.221 e. The third-order valence-corrected chi connectivity index (χ3v) is 6.03. The van der Waals surface area contributed by atoms with E-state index in [0.29, 0.717) is 6.04 Å². The SMILES string of the molecule is COc1ccc(N2CC[NH+]([C@@H](C)C(=O)c3c[nH]c4ccccc34)C[C@H]2C)cc1. The topological polar surface area (TPSA) is 49.8 Å². The number of fused-ring (bicyclic) bond motifs is 1. The van der Waals surface area contributed by atoms with Gasteiger partial charge in [-0.25, -0.2) is 0 Å². The maximum absolute atomic E-state index is 13.2. The van der Waals surface area contributed by atoms with Gasteiger partial charge in [-0.05, 0) is 44.2 Å². The van der Waals surface area contributed by atoms with Crippen LogP contribution < -0.4 is 14.5 Å². The van der Waals surface area contributed by atoms with E-state index in [9.17, 15) is 4.79 Å². The van der Waals surface area contributed by atoms with Gasteiger partial charge in [0.25, 0.3) is 0 Å². The molecule has 4 rings (SSSR count). The third kappa shape index (κ3) is 3.38. The Bertz CT molecular complexity index is 963. The van der Waals surface area contributed by atoms with E-state index in [0.717, 1.165) is 41.9 Å². The molecule has 2 aromatic carbocycles. The molecule has 0 amide bonds. The summed E-state index contributed by atoms with van der Waals surface area (Å²) >= 11 is 0. The van der Waals surface area contributed by atoms with E-state index in [1.807, 2.05) is 42.6 Å². The van der Waals surface area contributed by atoms with Crippen LogP contribution in [0.15, 0.2) is 54.7 Å². The summed E-state index contributed by atoms with van der Waals surface area (Å²) in [5.74, 6) is 1.09. The van der Waals surface area contributed by atoms with Gasteiger partial charge < -0.3 is 19.5 Å². The number of rotatable bonds is 5. The highest BCUT2D eigenvalue weighted by atomic mass is 16.5. The molecule has 1 aliphatic rings. The molecule has 1 aliphatic heterocycles. The van der Waals surface area contributed by atoms with Crippen LogP contribution in [0.2, 0.25) is 0 Å². The summed E-state index contributed by atoms with van der Waals surface area (Å²) in [5.41, 5.74) is 3.04. The van der Waals surface area contributed by atoms with Gasteiger partial charge in [0.1, 0.15) is 11.8 Å². The van der Waals surface area contributed by atoms with Crippen molar-refractivity contribution in [1.82, 2.24) is 4.98 Å². The summed E-state index contributed by atoms with van der Waals surface area (Å²) in [4.78, 5) is 20.2. The molecule has 1 aromatic heterocycles. The Hall–Kier alpha value is -2.79. The molecule has 1 unspecified atom stereocenters. The normalized spacial score (nSPS) is 20.9. The second kappa shape index (κ2) is 7.68. The number of Topliss-reactive ketones (excluding diaryl/α,β-unsaturated/α-hetero) is 1. The van der Waals surface area contributed by atoms with Gasteiger partial charge in [0.2, 0.25) is 5.78 Å². The highest BCUT2D eigenvalue weighted by molar-refractivity contribution is 6.09. The summed E-state index contributed by atoms with van der Waals surface area (Å²) < 4.78 is 5.26. The Morgan fingerprint density at radius 1 is 1.21 bits per heavy atom. The second-order valence-corrected chi connectivity index (χ2v) is 7.69. The van der Waals surface area contributed by atoms with Gasteiger partial charge in [-0.1, -0.05) is 18.2 Å². The van der Waals surface area contributed by atoms with Crippen molar-refractivity contribution in [2.24, 2.45) is 0 Å². The Morgan fingerprint density at radius 3 is 2.68 bits per heavy atom. The summed E-state index contributed by atoms with van der Waals surface area (Å²) in [6.45, 7) is 7.14. The number of H-pyrrole nitrogens is 1. The lowest BCUT2D eigenvalue weighted by Gasteiger charge is -2.40. The Balaban J connectivity index is 1.46. The van der Waals surface area contributed by atoms with Crippen LogP contribution in [0.3, 0.4) is 0 Å².